The van der Waals surface area contributed by atoms with Crippen molar-refractivity contribution in [1.29, 1.82) is 0 Å². The highest BCUT2D eigenvalue weighted by Gasteiger charge is 2.31. The van der Waals surface area contributed by atoms with Gasteiger partial charge in [-0.25, -0.2) is 14.4 Å². The van der Waals surface area contributed by atoms with Crippen molar-refractivity contribution >= 4 is 5.91 Å². The summed E-state index contributed by atoms with van der Waals surface area (Å²) in [5, 5.41) is 13.0. The van der Waals surface area contributed by atoms with Gasteiger partial charge in [-0.05, 0) is 55.3 Å². The minimum Gasteiger partial charge on any atom is -0.406 e. The minimum absolute atomic E-state index is 0.0161. The Kier molecular flexibility index (Phi) is 6.78. The number of hydrogen-bond donors (Lipinski definition) is 2. The van der Waals surface area contributed by atoms with Gasteiger partial charge in [0, 0.05) is 11.1 Å². The molecule has 1 aliphatic rings. The first-order chi connectivity index (χ1) is 16.2. The maximum Gasteiger partial charge on any atom is 0.573 e. The molecule has 1 aliphatic carbocycles. The number of nitrogens with one attached hydrogen (secondary N) is 1. The van der Waals surface area contributed by atoms with Gasteiger partial charge < -0.3 is 15.2 Å². The number of aliphatic hydroxyl groups excluding tert-OH is 1. The number of ether oxygens (including phenoxy) is 1. The molecule has 1 aromatic heterocycles. The summed E-state index contributed by atoms with van der Waals surface area (Å²) in [6, 6.07) is 11.5. The maximum atomic E-state index is 13.8. The van der Waals surface area contributed by atoms with E-state index < -0.39 is 36.0 Å². The number of halogens is 4. The molecule has 0 bridgehead atoms. The standard InChI is InChI=1S/C24H21F4N3O3/c25-16-5-3-4-15(12-16)22-29-19(14-8-10-17(11-9-14)34-24(26,27)28)13-20(30-22)23(33)31-18-6-1-2-7-21(18)32/h3-5,8-13,18,21,32H,1-2,6-7H2,(H,31,33)/t18-,21-/m0/s1. The highest BCUT2D eigenvalue weighted by Crippen LogP contribution is 2.28. The number of carbonyl (C=O) groups is 1. The molecular weight excluding hydrogens is 454 g/mol. The summed E-state index contributed by atoms with van der Waals surface area (Å²) in [6.07, 6.45) is -2.53. The summed E-state index contributed by atoms with van der Waals surface area (Å²) in [5.74, 6) is -1.39. The third-order valence-electron chi connectivity index (χ3n) is 5.47. The Morgan fingerprint density at radius 3 is 2.41 bits per heavy atom. The monoisotopic (exact) mass is 475 g/mol. The fourth-order valence-corrected chi connectivity index (χ4v) is 3.82. The van der Waals surface area contributed by atoms with Crippen LogP contribution < -0.4 is 10.1 Å². The molecule has 1 fully saturated rings. The average Bonchev–Trinajstić information content (AvgIpc) is 2.80. The molecule has 4 rings (SSSR count). The number of carbonyl (C=O) groups excluding carboxylic acids is 1. The van der Waals surface area contributed by atoms with E-state index in [-0.39, 0.29) is 17.2 Å². The van der Waals surface area contributed by atoms with E-state index in [4.69, 9.17) is 0 Å². The second-order valence-corrected chi connectivity index (χ2v) is 7.98. The Balaban J connectivity index is 1.69. The summed E-state index contributed by atoms with van der Waals surface area (Å²) < 4.78 is 55.1. The minimum atomic E-state index is -4.82. The van der Waals surface area contributed by atoms with Crippen molar-refractivity contribution in [3.8, 4) is 28.4 Å². The van der Waals surface area contributed by atoms with Gasteiger partial charge in [0.2, 0.25) is 0 Å². The molecule has 1 saturated carbocycles. The number of alkyl halides is 3. The Morgan fingerprint density at radius 1 is 1.00 bits per heavy atom. The zero-order valence-corrected chi connectivity index (χ0v) is 17.8. The molecule has 0 saturated heterocycles. The fraction of sp³-hybridized carbons (Fsp3) is 0.292. The molecule has 178 valence electrons. The molecule has 2 atom stereocenters. The molecular formula is C24H21F4N3O3. The highest BCUT2D eigenvalue weighted by atomic mass is 19.4. The molecule has 6 nitrogen and oxygen atoms in total. The third kappa shape index (κ3) is 5.88. The first-order valence-corrected chi connectivity index (χ1v) is 10.7. The van der Waals surface area contributed by atoms with Crippen molar-refractivity contribution in [2.45, 2.75) is 44.2 Å². The Labute approximate surface area is 192 Å². The molecule has 0 spiro atoms. The van der Waals surface area contributed by atoms with E-state index >= 15 is 0 Å². The second-order valence-electron chi connectivity index (χ2n) is 7.98. The van der Waals surface area contributed by atoms with E-state index in [1.54, 1.807) is 6.07 Å². The third-order valence-corrected chi connectivity index (χ3v) is 5.47. The topological polar surface area (TPSA) is 84.3 Å². The maximum absolute atomic E-state index is 13.8. The lowest BCUT2D eigenvalue weighted by Crippen LogP contribution is -2.45. The quantitative estimate of drug-likeness (QED) is 0.514. The Hall–Kier alpha value is -3.53. The van der Waals surface area contributed by atoms with Gasteiger partial charge in [-0.2, -0.15) is 0 Å². The van der Waals surface area contributed by atoms with Gasteiger partial charge >= 0.3 is 6.36 Å². The van der Waals surface area contributed by atoms with E-state index in [9.17, 15) is 27.5 Å². The van der Waals surface area contributed by atoms with Crippen molar-refractivity contribution in [3.05, 3.63) is 66.1 Å². The molecule has 1 heterocycles. The number of hydrogen-bond acceptors (Lipinski definition) is 5. The molecule has 0 radical (unpaired) electrons. The fourth-order valence-electron chi connectivity index (χ4n) is 3.82. The van der Waals surface area contributed by atoms with E-state index in [1.807, 2.05) is 0 Å². The number of aromatic nitrogens is 2. The van der Waals surface area contributed by atoms with E-state index in [0.29, 0.717) is 24.0 Å². The van der Waals surface area contributed by atoms with Gasteiger partial charge in [0.15, 0.2) is 5.82 Å². The summed E-state index contributed by atoms with van der Waals surface area (Å²) in [5.41, 5.74) is 0.965. The Bertz CT molecular complexity index is 1170. The molecule has 34 heavy (non-hydrogen) atoms. The molecule has 3 aromatic rings. The van der Waals surface area contributed by atoms with Gasteiger partial charge in [0.1, 0.15) is 17.3 Å². The van der Waals surface area contributed by atoms with E-state index in [0.717, 1.165) is 25.0 Å². The number of amides is 1. The van der Waals surface area contributed by atoms with E-state index in [1.165, 1.54) is 36.4 Å². The zero-order chi connectivity index (χ0) is 24.3. The van der Waals surface area contributed by atoms with Crippen LogP contribution in [0.15, 0.2) is 54.6 Å². The SMILES string of the molecule is O=C(N[C@H]1CCCC[C@@H]1O)c1cc(-c2ccc(OC(F)(F)F)cc2)nc(-c2cccc(F)c2)n1. The highest BCUT2D eigenvalue weighted by molar-refractivity contribution is 5.94. The van der Waals surface area contributed by atoms with Crippen LogP contribution in [0, 0.1) is 5.82 Å². The second kappa shape index (κ2) is 9.76. The van der Waals surface area contributed by atoms with Crippen LogP contribution in [0.1, 0.15) is 36.2 Å². The summed E-state index contributed by atoms with van der Waals surface area (Å²) in [6.45, 7) is 0. The van der Waals surface area contributed by atoms with Crippen LogP contribution in [0.25, 0.3) is 22.6 Å². The van der Waals surface area contributed by atoms with Crippen LogP contribution >= 0.6 is 0 Å². The predicted molar refractivity (Wildman–Crippen MR) is 115 cm³/mol. The smallest absolute Gasteiger partial charge is 0.406 e. The number of aliphatic hydroxyl groups is 1. The predicted octanol–water partition coefficient (Wildman–Crippen LogP) is 4.88. The summed E-state index contributed by atoms with van der Waals surface area (Å²) in [7, 11) is 0. The van der Waals surface area contributed by atoms with Gasteiger partial charge in [-0.1, -0.05) is 25.0 Å². The number of benzene rings is 2. The molecule has 10 heteroatoms. The van der Waals surface area contributed by atoms with Crippen LogP contribution in [-0.4, -0.2) is 39.5 Å². The van der Waals surface area contributed by atoms with Crippen LogP contribution in [0.2, 0.25) is 0 Å². The number of rotatable bonds is 5. The van der Waals surface area contributed by atoms with Crippen LogP contribution in [-0.2, 0) is 0 Å². The van der Waals surface area contributed by atoms with Gasteiger partial charge in [-0.15, -0.1) is 13.2 Å². The van der Waals surface area contributed by atoms with Crippen molar-refractivity contribution in [3.63, 3.8) is 0 Å². The van der Waals surface area contributed by atoms with Gasteiger partial charge in [-0.3, -0.25) is 4.79 Å². The lowest BCUT2D eigenvalue weighted by molar-refractivity contribution is -0.274. The first-order valence-electron chi connectivity index (χ1n) is 10.7. The van der Waals surface area contributed by atoms with Crippen molar-refractivity contribution in [1.82, 2.24) is 15.3 Å². The zero-order valence-electron chi connectivity index (χ0n) is 17.8. The molecule has 2 N–H and O–H groups in total. The largest absolute Gasteiger partial charge is 0.573 e. The van der Waals surface area contributed by atoms with Crippen molar-refractivity contribution in [2.24, 2.45) is 0 Å². The van der Waals surface area contributed by atoms with E-state index in [2.05, 4.69) is 20.0 Å². The van der Waals surface area contributed by atoms with Crippen molar-refractivity contribution < 1.29 is 32.2 Å². The molecule has 1 amide bonds. The van der Waals surface area contributed by atoms with Crippen molar-refractivity contribution in [2.75, 3.05) is 0 Å². The number of nitrogens with zero attached hydrogens (tertiary/aromatic N) is 2. The normalized spacial score (nSPS) is 18.4. The molecule has 0 unspecified atom stereocenters. The van der Waals surface area contributed by atoms with Crippen LogP contribution in [0.3, 0.4) is 0 Å². The summed E-state index contributed by atoms with van der Waals surface area (Å²) in [4.78, 5) is 21.6. The summed E-state index contributed by atoms with van der Waals surface area (Å²) >= 11 is 0. The lowest BCUT2D eigenvalue weighted by atomic mass is 9.92. The first kappa shape index (κ1) is 23.6. The molecule has 2 aromatic carbocycles. The van der Waals surface area contributed by atoms with Crippen LogP contribution in [0.4, 0.5) is 17.6 Å². The van der Waals surface area contributed by atoms with Gasteiger partial charge in [0.05, 0.1) is 17.8 Å². The average molecular weight is 475 g/mol. The lowest BCUT2D eigenvalue weighted by Gasteiger charge is -2.28. The Morgan fingerprint density at radius 2 is 1.74 bits per heavy atom. The molecule has 0 aliphatic heterocycles. The van der Waals surface area contributed by atoms with Crippen LogP contribution in [0.5, 0.6) is 5.75 Å². The van der Waals surface area contributed by atoms with Gasteiger partial charge in [0.25, 0.3) is 5.91 Å².